The Morgan fingerprint density at radius 2 is 1.38 bits per heavy atom. The monoisotopic (exact) mass is 499 g/mol. The second kappa shape index (κ2) is 21.5. The van der Waals surface area contributed by atoms with Crippen LogP contribution < -0.4 is 11.5 Å². The zero-order valence-electron chi connectivity index (χ0n) is 21.5. The highest BCUT2D eigenvalue weighted by molar-refractivity contribution is 7.53. The normalized spacial score (nSPS) is 13.4. The fraction of sp³-hybridized carbons (Fsp3) is 0.769. The molecule has 198 valence electrons. The van der Waals surface area contributed by atoms with Crippen molar-refractivity contribution in [3.8, 4) is 0 Å². The molecule has 0 fully saturated rings. The van der Waals surface area contributed by atoms with E-state index in [4.69, 9.17) is 25.3 Å². The molecule has 0 saturated carbocycles. The third-order valence-corrected chi connectivity index (χ3v) is 7.61. The maximum absolute atomic E-state index is 13.5. The summed E-state index contributed by atoms with van der Waals surface area (Å²) in [6.07, 6.45) is 10.5. The first-order chi connectivity index (χ1) is 16.6. The highest BCUT2D eigenvalue weighted by atomic mass is 31.2. The summed E-state index contributed by atoms with van der Waals surface area (Å²) >= 11 is 0. The van der Waals surface area contributed by atoms with Crippen molar-refractivity contribution in [3.05, 3.63) is 35.9 Å². The smallest absolute Gasteiger partial charge is 0.332 e. The van der Waals surface area contributed by atoms with Gasteiger partial charge in [-0.15, -0.1) is 0 Å². The number of benzene rings is 1. The Morgan fingerprint density at radius 3 is 2.03 bits per heavy atom. The van der Waals surface area contributed by atoms with E-state index < -0.39 is 7.60 Å². The van der Waals surface area contributed by atoms with E-state index in [9.17, 15) is 4.57 Å². The van der Waals surface area contributed by atoms with Crippen LogP contribution in [0.1, 0.15) is 70.3 Å². The van der Waals surface area contributed by atoms with Crippen LogP contribution in [-0.2, 0) is 25.0 Å². The van der Waals surface area contributed by atoms with Crippen LogP contribution in [0.15, 0.2) is 30.3 Å². The van der Waals surface area contributed by atoms with Crippen LogP contribution in [0.25, 0.3) is 0 Å². The first-order valence-corrected chi connectivity index (χ1v) is 15.0. The summed E-state index contributed by atoms with van der Waals surface area (Å²) in [5, 5.41) is 0. The summed E-state index contributed by atoms with van der Waals surface area (Å²) in [4.78, 5) is 2.26. The van der Waals surface area contributed by atoms with Crippen LogP contribution in [0.4, 0.5) is 0 Å². The first-order valence-electron chi connectivity index (χ1n) is 13.3. The van der Waals surface area contributed by atoms with Crippen LogP contribution >= 0.6 is 7.60 Å². The molecule has 0 aliphatic carbocycles. The first kappa shape index (κ1) is 31.2. The van der Waals surface area contributed by atoms with Gasteiger partial charge in [-0.3, -0.25) is 4.57 Å². The maximum Gasteiger partial charge on any atom is 0.332 e. The molecule has 0 aliphatic rings. The molecule has 7 nitrogen and oxygen atoms in total. The number of hydrogen-bond acceptors (Lipinski definition) is 7. The van der Waals surface area contributed by atoms with E-state index in [2.05, 4.69) is 11.8 Å². The van der Waals surface area contributed by atoms with Crippen LogP contribution in [0.5, 0.6) is 0 Å². The van der Waals surface area contributed by atoms with E-state index in [1.165, 1.54) is 32.1 Å². The van der Waals surface area contributed by atoms with Gasteiger partial charge in [0.1, 0.15) is 0 Å². The zero-order chi connectivity index (χ0) is 24.7. The van der Waals surface area contributed by atoms with E-state index in [0.29, 0.717) is 45.6 Å². The van der Waals surface area contributed by atoms with Crippen molar-refractivity contribution in [1.29, 1.82) is 0 Å². The number of ether oxygens (including phenoxy) is 1. The minimum Gasteiger partial charge on any atom is -0.374 e. The lowest BCUT2D eigenvalue weighted by molar-refractivity contribution is 0.0800. The molecule has 0 spiro atoms. The molecule has 0 heterocycles. The molecule has 1 unspecified atom stereocenters. The molecule has 1 atom stereocenters. The number of nitrogens with zero attached hydrogens (tertiary/aromatic N) is 1. The maximum atomic E-state index is 13.5. The van der Waals surface area contributed by atoms with Gasteiger partial charge in [-0.1, -0.05) is 75.8 Å². The Labute approximate surface area is 208 Å². The molecule has 0 saturated heterocycles. The summed E-state index contributed by atoms with van der Waals surface area (Å²) in [5.41, 5.74) is 12.5. The SMILES string of the molecule is CCCCCCCCCOP(=O)(CCN(CCCN)CCCN)OCCOCc1ccccc1. The van der Waals surface area contributed by atoms with Crippen molar-refractivity contribution in [2.24, 2.45) is 11.5 Å². The van der Waals surface area contributed by atoms with Gasteiger partial charge < -0.3 is 30.2 Å². The number of nitrogens with two attached hydrogens (primary N) is 2. The third kappa shape index (κ3) is 16.8. The zero-order valence-corrected chi connectivity index (χ0v) is 22.4. The summed E-state index contributed by atoms with van der Waals surface area (Å²) < 4.78 is 30.9. The van der Waals surface area contributed by atoms with Crippen LogP contribution in [0, 0.1) is 0 Å². The number of unbranched alkanes of at least 4 members (excludes halogenated alkanes) is 6. The van der Waals surface area contributed by atoms with Gasteiger partial charge in [0.25, 0.3) is 0 Å². The van der Waals surface area contributed by atoms with Crippen molar-refractivity contribution < 1.29 is 18.3 Å². The second-order valence-corrected chi connectivity index (χ2v) is 11.0. The Balaban J connectivity index is 2.46. The molecule has 1 aromatic carbocycles. The minimum absolute atomic E-state index is 0.257. The largest absolute Gasteiger partial charge is 0.374 e. The van der Waals surface area contributed by atoms with Crippen molar-refractivity contribution >= 4 is 7.60 Å². The fourth-order valence-corrected chi connectivity index (χ4v) is 5.28. The molecule has 34 heavy (non-hydrogen) atoms. The van der Waals surface area contributed by atoms with Gasteiger partial charge in [-0.2, -0.15) is 0 Å². The lowest BCUT2D eigenvalue weighted by atomic mass is 10.1. The quantitative estimate of drug-likeness (QED) is 0.149. The molecule has 0 radical (unpaired) electrons. The number of hydrogen-bond donors (Lipinski definition) is 2. The van der Waals surface area contributed by atoms with Gasteiger partial charge in [0, 0.05) is 6.54 Å². The van der Waals surface area contributed by atoms with Crippen molar-refractivity contribution in [3.63, 3.8) is 0 Å². The lowest BCUT2D eigenvalue weighted by Gasteiger charge is -2.25. The van der Waals surface area contributed by atoms with E-state index in [-0.39, 0.29) is 6.61 Å². The molecule has 0 aliphatic heterocycles. The molecule has 8 heteroatoms. The predicted molar refractivity (Wildman–Crippen MR) is 142 cm³/mol. The number of rotatable bonds is 24. The van der Waals surface area contributed by atoms with Crippen molar-refractivity contribution in [2.45, 2.75) is 71.3 Å². The van der Waals surface area contributed by atoms with Gasteiger partial charge in [-0.25, -0.2) is 0 Å². The summed E-state index contributed by atoms with van der Waals surface area (Å²) in [7, 11) is -3.20. The van der Waals surface area contributed by atoms with Gasteiger partial charge in [0.15, 0.2) is 0 Å². The molecular formula is C26H50N3O4P. The Kier molecular flexibility index (Phi) is 19.7. The molecule has 1 aromatic rings. The second-order valence-electron chi connectivity index (χ2n) is 8.79. The van der Waals surface area contributed by atoms with E-state index >= 15 is 0 Å². The highest BCUT2D eigenvalue weighted by Crippen LogP contribution is 2.48. The summed E-state index contributed by atoms with van der Waals surface area (Å²) in [5.74, 6) is 0. The summed E-state index contributed by atoms with van der Waals surface area (Å²) in [6.45, 7) is 7.52. The lowest BCUT2D eigenvalue weighted by Crippen LogP contribution is -2.31. The van der Waals surface area contributed by atoms with Gasteiger partial charge in [0.2, 0.25) is 0 Å². The van der Waals surface area contributed by atoms with Crippen LogP contribution in [0.3, 0.4) is 0 Å². The van der Waals surface area contributed by atoms with Crippen LogP contribution in [0.2, 0.25) is 0 Å². The van der Waals surface area contributed by atoms with E-state index in [1.807, 2.05) is 30.3 Å². The summed E-state index contributed by atoms with van der Waals surface area (Å²) in [6, 6.07) is 10.0. The topological polar surface area (TPSA) is 100 Å². The van der Waals surface area contributed by atoms with Crippen LogP contribution in [-0.4, -0.2) is 63.6 Å². The average Bonchev–Trinajstić information content (AvgIpc) is 2.86. The van der Waals surface area contributed by atoms with Crippen molar-refractivity contribution in [2.75, 3.05) is 58.7 Å². The van der Waals surface area contributed by atoms with Crippen molar-refractivity contribution in [1.82, 2.24) is 4.90 Å². The van der Waals surface area contributed by atoms with E-state index in [1.54, 1.807) is 0 Å². The Morgan fingerprint density at radius 1 is 0.765 bits per heavy atom. The molecule has 4 N–H and O–H groups in total. The minimum atomic E-state index is -3.20. The average molecular weight is 500 g/mol. The van der Waals surface area contributed by atoms with Gasteiger partial charge in [0.05, 0.1) is 32.6 Å². The van der Waals surface area contributed by atoms with E-state index in [0.717, 1.165) is 44.3 Å². The Hall–Kier alpha value is -0.790. The highest BCUT2D eigenvalue weighted by Gasteiger charge is 2.25. The molecule has 1 rings (SSSR count). The Bertz CT molecular complexity index is 613. The molecule has 0 bridgehead atoms. The fourth-order valence-electron chi connectivity index (χ4n) is 3.66. The molecular weight excluding hydrogens is 449 g/mol. The third-order valence-electron chi connectivity index (χ3n) is 5.71. The predicted octanol–water partition coefficient (Wildman–Crippen LogP) is 5.18. The standard InChI is InChI=1S/C26H50N3O4P/c1-2-3-4-5-6-7-11-21-32-34(30,24-20-29(18-12-16-27)19-13-17-28)33-23-22-31-25-26-14-9-8-10-15-26/h8-10,14-15H,2-7,11-13,16-25,27-28H2,1H3. The van der Waals surface area contributed by atoms with Gasteiger partial charge >= 0.3 is 7.60 Å². The van der Waals surface area contributed by atoms with Gasteiger partial charge in [-0.05, 0) is 51.0 Å². The molecule has 0 amide bonds. The molecule has 0 aromatic heterocycles.